The number of halogens is 1. The van der Waals surface area contributed by atoms with Gasteiger partial charge in [0, 0.05) is 89.7 Å². The number of hydrogen-bond donors (Lipinski definition) is 1. The van der Waals surface area contributed by atoms with Gasteiger partial charge >= 0.3 is 0 Å². The molecule has 1 aliphatic carbocycles. The van der Waals surface area contributed by atoms with Crippen LogP contribution in [0.15, 0.2) is 48.6 Å². The highest BCUT2D eigenvalue weighted by atomic mass is 35.5. The third-order valence-electron chi connectivity index (χ3n) is 12.4. The first-order valence-corrected chi connectivity index (χ1v) is 21.4. The molecule has 7 unspecified atom stereocenters. The van der Waals surface area contributed by atoms with Crippen LogP contribution in [0.5, 0.6) is 5.75 Å². The molecule has 3 heterocycles. The second kappa shape index (κ2) is 18.4. The second-order valence-corrected chi connectivity index (χ2v) is 17.8. The predicted molar refractivity (Wildman–Crippen MR) is 216 cm³/mol. The normalized spacial score (nSPS) is 30.8. The molecule has 0 aromatic heterocycles. The number of carbonyl (C=O) groups excluding carboxylic acids is 1. The fourth-order valence-corrected chi connectivity index (χ4v) is 10.0. The molecule has 1 N–H and O–H groups in total. The SMILES string of the molecule is CCCc1cc(Cl)ccc1C1COc2ccc3cc2N(C1)CC1CCC1C(CN1CCN(CCCOC)CC1)(OC)/C=C/CC(C)C(C)S(=O)NC3=O. The summed E-state index contributed by atoms with van der Waals surface area (Å²) in [6.45, 7) is 15.2. The first-order valence-electron chi connectivity index (χ1n) is 19.8. The average molecular weight is 769 g/mol. The lowest BCUT2D eigenvalue weighted by Crippen LogP contribution is -2.58. The molecular weight excluding hydrogens is 708 g/mol. The molecule has 9 nitrogen and oxygen atoms in total. The van der Waals surface area contributed by atoms with Gasteiger partial charge in [0.25, 0.3) is 5.91 Å². The summed E-state index contributed by atoms with van der Waals surface area (Å²) < 4.78 is 34.9. The molecule has 53 heavy (non-hydrogen) atoms. The van der Waals surface area contributed by atoms with Gasteiger partial charge in [0.1, 0.15) is 22.3 Å². The number of nitrogens with one attached hydrogen (secondary N) is 1. The van der Waals surface area contributed by atoms with Crippen LogP contribution in [0.4, 0.5) is 5.69 Å². The summed E-state index contributed by atoms with van der Waals surface area (Å²) in [5.41, 5.74) is 3.49. The molecular formula is C42H61ClN4O5S. The maximum atomic E-state index is 13.6. The number of carbonyl (C=O) groups is 1. The Morgan fingerprint density at radius 2 is 1.83 bits per heavy atom. The number of amides is 1. The fourth-order valence-electron chi connectivity index (χ4n) is 8.83. The van der Waals surface area contributed by atoms with Crippen molar-refractivity contribution in [2.24, 2.45) is 17.8 Å². The van der Waals surface area contributed by atoms with Gasteiger partial charge < -0.3 is 24.0 Å². The molecule has 1 saturated carbocycles. The quantitative estimate of drug-likeness (QED) is 0.211. The summed E-state index contributed by atoms with van der Waals surface area (Å²) in [6.07, 6.45) is 10.6. The Labute approximate surface area is 325 Å². The van der Waals surface area contributed by atoms with E-state index >= 15 is 0 Å². The van der Waals surface area contributed by atoms with Gasteiger partial charge in [0.05, 0.1) is 17.5 Å². The fraction of sp³-hybridized carbons (Fsp3) is 0.643. The van der Waals surface area contributed by atoms with Crippen LogP contribution in [0, 0.1) is 17.8 Å². The summed E-state index contributed by atoms with van der Waals surface area (Å²) in [4.78, 5) is 21.2. The Balaban J connectivity index is 1.34. The smallest absolute Gasteiger partial charge is 0.263 e. The standard InChI is InChI=1S/C42H61ClN4O5S/c1-6-9-32-24-36(43)13-14-37(32)35-27-47-26-34-11-15-38(34)42(51-5,29-46-21-19-45(20-22-46)18-8-23-50-4)17-7-10-30(2)31(3)53(49)44-41(48)33-12-16-40(52-28-35)39(47)25-33/h7,12-14,16-17,24-25,30-31,34-35,38H,6,8-11,15,18-23,26-29H2,1-5H3,(H,44,48)/b17-7+. The molecule has 2 aromatic rings. The van der Waals surface area contributed by atoms with E-state index in [0.29, 0.717) is 24.0 Å². The summed E-state index contributed by atoms with van der Waals surface area (Å²) in [7, 11) is 2.12. The number of methoxy groups -OCH3 is 2. The Hall–Kier alpha value is -2.47. The van der Waals surface area contributed by atoms with E-state index in [9.17, 15) is 9.00 Å². The topological polar surface area (TPSA) is 83.6 Å². The van der Waals surface area contributed by atoms with E-state index in [0.717, 1.165) is 114 Å². The van der Waals surface area contributed by atoms with Gasteiger partial charge in [-0.05, 0) is 98.2 Å². The van der Waals surface area contributed by atoms with E-state index in [-0.39, 0.29) is 23.0 Å². The molecule has 1 saturated heterocycles. The van der Waals surface area contributed by atoms with Crippen LogP contribution in [0.25, 0.3) is 0 Å². The summed E-state index contributed by atoms with van der Waals surface area (Å²) >= 11 is 6.51. The second-order valence-electron chi connectivity index (χ2n) is 15.8. The number of benzene rings is 2. The number of rotatable bonds is 10. The van der Waals surface area contributed by atoms with Crippen LogP contribution in [-0.4, -0.2) is 111 Å². The van der Waals surface area contributed by atoms with Crippen molar-refractivity contribution in [1.29, 1.82) is 0 Å². The van der Waals surface area contributed by atoms with Crippen LogP contribution in [0.1, 0.15) is 80.3 Å². The Kier molecular flexibility index (Phi) is 14.0. The zero-order chi connectivity index (χ0) is 37.5. The van der Waals surface area contributed by atoms with E-state index in [1.54, 1.807) is 13.2 Å². The van der Waals surface area contributed by atoms with Gasteiger partial charge in [-0.3, -0.25) is 14.4 Å². The molecule has 2 aromatic carbocycles. The Morgan fingerprint density at radius 1 is 1.04 bits per heavy atom. The van der Waals surface area contributed by atoms with Crippen LogP contribution in [0.2, 0.25) is 5.02 Å². The van der Waals surface area contributed by atoms with E-state index in [2.05, 4.69) is 57.6 Å². The van der Waals surface area contributed by atoms with Crippen molar-refractivity contribution in [3.8, 4) is 5.75 Å². The monoisotopic (exact) mass is 768 g/mol. The van der Waals surface area contributed by atoms with Crippen molar-refractivity contribution in [3.63, 3.8) is 0 Å². The van der Waals surface area contributed by atoms with E-state index in [1.807, 2.05) is 32.2 Å². The highest BCUT2D eigenvalue weighted by Crippen LogP contribution is 2.47. The van der Waals surface area contributed by atoms with Gasteiger partial charge in [-0.15, -0.1) is 0 Å². The van der Waals surface area contributed by atoms with Crippen molar-refractivity contribution in [2.45, 2.75) is 76.1 Å². The first-order chi connectivity index (χ1) is 25.6. The number of nitrogens with zero attached hydrogens (tertiary/aromatic N) is 3. The van der Waals surface area contributed by atoms with Crippen molar-refractivity contribution in [2.75, 3.05) is 84.7 Å². The van der Waals surface area contributed by atoms with Gasteiger partial charge in [-0.2, -0.15) is 0 Å². The van der Waals surface area contributed by atoms with Gasteiger partial charge in [-0.25, -0.2) is 4.21 Å². The van der Waals surface area contributed by atoms with Crippen molar-refractivity contribution >= 4 is 34.2 Å². The molecule has 0 spiro atoms. The van der Waals surface area contributed by atoms with Gasteiger partial charge in [0.15, 0.2) is 0 Å². The summed E-state index contributed by atoms with van der Waals surface area (Å²) in [6, 6.07) is 11.9. The maximum Gasteiger partial charge on any atom is 0.263 e. The molecule has 7 atom stereocenters. The maximum absolute atomic E-state index is 13.6. The van der Waals surface area contributed by atoms with E-state index < -0.39 is 16.6 Å². The number of fused-ring (bicyclic) bond motifs is 2. The number of aryl methyl sites for hydroxylation is 1. The first kappa shape index (κ1) is 40.2. The highest BCUT2D eigenvalue weighted by Gasteiger charge is 2.48. The molecule has 2 fully saturated rings. The number of ether oxygens (including phenoxy) is 3. The van der Waals surface area contributed by atoms with Crippen molar-refractivity contribution < 1.29 is 23.2 Å². The van der Waals surface area contributed by atoms with Crippen LogP contribution in [0.3, 0.4) is 0 Å². The molecule has 3 aliphatic heterocycles. The zero-order valence-corrected chi connectivity index (χ0v) is 34.1. The lowest BCUT2D eigenvalue weighted by atomic mass is 9.63. The lowest BCUT2D eigenvalue weighted by molar-refractivity contribution is -0.0954. The Bertz CT molecular complexity index is 1600. The summed E-state index contributed by atoms with van der Waals surface area (Å²) in [5, 5.41) is 0.528. The van der Waals surface area contributed by atoms with E-state index in [4.69, 9.17) is 25.8 Å². The van der Waals surface area contributed by atoms with Crippen LogP contribution in [-0.2, 0) is 26.9 Å². The van der Waals surface area contributed by atoms with Gasteiger partial charge in [0.2, 0.25) is 0 Å². The summed E-state index contributed by atoms with van der Waals surface area (Å²) in [5.74, 6) is 1.37. The van der Waals surface area contributed by atoms with Crippen molar-refractivity contribution in [1.82, 2.24) is 14.5 Å². The van der Waals surface area contributed by atoms with Crippen LogP contribution < -0.4 is 14.4 Å². The highest BCUT2D eigenvalue weighted by molar-refractivity contribution is 7.84. The molecule has 6 rings (SSSR count). The molecule has 0 radical (unpaired) electrons. The average Bonchev–Trinajstić information content (AvgIpc) is 3.32. The molecule has 11 heteroatoms. The zero-order valence-electron chi connectivity index (χ0n) is 32.5. The molecule has 2 bridgehead atoms. The molecule has 1 amide bonds. The largest absolute Gasteiger partial charge is 0.491 e. The third kappa shape index (κ3) is 9.50. The van der Waals surface area contributed by atoms with Crippen molar-refractivity contribution in [3.05, 3.63) is 70.3 Å². The van der Waals surface area contributed by atoms with Crippen LogP contribution >= 0.6 is 11.6 Å². The third-order valence-corrected chi connectivity index (χ3v) is 14.1. The Morgan fingerprint density at radius 3 is 2.55 bits per heavy atom. The molecule has 292 valence electrons. The van der Waals surface area contributed by atoms with Gasteiger partial charge in [-0.1, -0.05) is 50.1 Å². The number of allylic oxidation sites excluding steroid dienone is 1. The van der Waals surface area contributed by atoms with E-state index in [1.165, 1.54) is 11.1 Å². The number of piperazine rings is 1. The number of hydrogen-bond acceptors (Lipinski definition) is 8. The lowest BCUT2D eigenvalue weighted by Gasteiger charge is -2.52. The predicted octanol–water partition coefficient (Wildman–Crippen LogP) is 6.72. The minimum atomic E-state index is -1.55. The number of anilines is 1. The molecule has 4 aliphatic rings. The minimum absolute atomic E-state index is 0.0982. The minimum Gasteiger partial charge on any atom is -0.491 e.